The summed E-state index contributed by atoms with van der Waals surface area (Å²) in [7, 11) is 0. The summed E-state index contributed by atoms with van der Waals surface area (Å²) in [6, 6.07) is 10.9. The number of allylic oxidation sites excluding steroid dienone is 4. The summed E-state index contributed by atoms with van der Waals surface area (Å²) >= 11 is 0. The third-order valence-electron chi connectivity index (χ3n) is 5.22. The molecule has 0 saturated carbocycles. The number of aromatic nitrogens is 2. The van der Waals surface area contributed by atoms with Crippen LogP contribution >= 0.6 is 0 Å². The molecule has 0 aliphatic rings. The molecular weight excluding hydrogens is 364 g/mol. The second-order valence-corrected chi connectivity index (χ2v) is 9.72. The molecule has 0 amide bonds. The summed E-state index contributed by atoms with van der Waals surface area (Å²) in [4.78, 5) is 8.42. The van der Waals surface area contributed by atoms with Crippen molar-refractivity contribution in [3.63, 3.8) is 0 Å². The van der Waals surface area contributed by atoms with Crippen molar-refractivity contribution in [3.8, 4) is 11.3 Å². The highest BCUT2D eigenvalue weighted by molar-refractivity contribution is 5.94. The Bertz CT molecular complexity index is 1120. The van der Waals surface area contributed by atoms with Crippen LogP contribution in [0.15, 0.2) is 67.4 Å². The number of benzene rings is 1. The molecule has 2 heterocycles. The van der Waals surface area contributed by atoms with E-state index < -0.39 is 0 Å². The molecule has 0 bridgehead atoms. The highest BCUT2D eigenvalue weighted by Gasteiger charge is 2.22. The lowest BCUT2D eigenvalue weighted by Gasteiger charge is -2.20. The molecule has 0 radical (unpaired) electrons. The van der Waals surface area contributed by atoms with Crippen LogP contribution in [-0.4, -0.2) is 9.97 Å². The molecule has 3 rings (SSSR count). The van der Waals surface area contributed by atoms with E-state index in [1.807, 2.05) is 25.3 Å². The quantitative estimate of drug-likeness (QED) is 0.418. The molecule has 0 spiro atoms. The van der Waals surface area contributed by atoms with E-state index in [9.17, 15) is 0 Å². The zero-order valence-corrected chi connectivity index (χ0v) is 19.3. The predicted octanol–water partition coefficient (Wildman–Crippen LogP) is 8.09. The van der Waals surface area contributed by atoms with Crippen LogP contribution in [0.1, 0.15) is 64.3 Å². The third-order valence-corrected chi connectivity index (χ3v) is 5.22. The lowest BCUT2D eigenvalue weighted by Crippen LogP contribution is -2.10. The minimum absolute atomic E-state index is 0.162. The standard InChI is InChI=1S/C28H34N2/c1-9-20(15-18(2)3)21-12-13-25-23(16-21)24(17-28(6,7)8)27(30-25)22-11-10-14-29-26(22)19(4)5/h9-16,19,30H,1-2,17H2,3-8H3/b20-15+. The molecule has 1 N–H and O–H groups in total. The number of fused-ring (bicyclic) bond motifs is 1. The van der Waals surface area contributed by atoms with Crippen LogP contribution in [0, 0.1) is 5.41 Å². The monoisotopic (exact) mass is 398 g/mol. The fourth-order valence-electron chi connectivity index (χ4n) is 3.99. The molecule has 3 aromatic rings. The van der Waals surface area contributed by atoms with Gasteiger partial charge in [-0.3, -0.25) is 4.98 Å². The van der Waals surface area contributed by atoms with Crippen molar-refractivity contribution in [1.82, 2.24) is 9.97 Å². The number of rotatable bonds is 6. The van der Waals surface area contributed by atoms with Crippen LogP contribution in [0.3, 0.4) is 0 Å². The van der Waals surface area contributed by atoms with Gasteiger partial charge in [-0.25, -0.2) is 0 Å². The fourth-order valence-corrected chi connectivity index (χ4v) is 3.99. The largest absolute Gasteiger partial charge is 0.354 e. The van der Waals surface area contributed by atoms with E-state index in [0.29, 0.717) is 5.92 Å². The molecule has 2 heteroatoms. The van der Waals surface area contributed by atoms with Crippen molar-refractivity contribution in [1.29, 1.82) is 0 Å². The van der Waals surface area contributed by atoms with Gasteiger partial charge in [0.1, 0.15) is 0 Å². The van der Waals surface area contributed by atoms with Gasteiger partial charge in [-0.15, -0.1) is 0 Å². The van der Waals surface area contributed by atoms with Crippen molar-refractivity contribution in [2.45, 2.75) is 53.9 Å². The second kappa shape index (κ2) is 8.47. The number of hydrogen-bond acceptors (Lipinski definition) is 1. The Morgan fingerprint density at radius 2 is 1.93 bits per heavy atom. The summed E-state index contributed by atoms with van der Waals surface area (Å²) in [6.45, 7) is 21.3. The molecule has 0 aliphatic heterocycles. The zero-order chi connectivity index (χ0) is 22.1. The first kappa shape index (κ1) is 21.8. The first-order valence-electron chi connectivity index (χ1n) is 10.7. The molecule has 0 aliphatic carbocycles. The minimum atomic E-state index is 0.162. The highest BCUT2D eigenvalue weighted by atomic mass is 14.8. The Kier molecular flexibility index (Phi) is 6.17. The fraction of sp³-hybridized carbons (Fsp3) is 0.321. The van der Waals surface area contributed by atoms with Crippen molar-refractivity contribution in [2.75, 3.05) is 0 Å². The van der Waals surface area contributed by atoms with E-state index in [4.69, 9.17) is 4.98 Å². The number of nitrogens with zero attached hydrogens (tertiary/aromatic N) is 1. The Labute approximate surface area is 181 Å². The van der Waals surface area contributed by atoms with Crippen LogP contribution < -0.4 is 0 Å². The number of hydrogen-bond donors (Lipinski definition) is 1. The molecule has 0 saturated heterocycles. The van der Waals surface area contributed by atoms with E-state index in [-0.39, 0.29) is 5.41 Å². The average Bonchev–Trinajstić information content (AvgIpc) is 3.01. The number of aromatic amines is 1. The summed E-state index contributed by atoms with van der Waals surface area (Å²) in [5.41, 5.74) is 9.48. The molecular formula is C28H34N2. The summed E-state index contributed by atoms with van der Waals surface area (Å²) in [6.07, 6.45) is 6.86. The third kappa shape index (κ3) is 4.64. The molecule has 30 heavy (non-hydrogen) atoms. The van der Waals surface area contributed by atoms with Gasteiger partial charge in [-0.05, 0) is 65.6 Å². The van der Waals surface area contributed by atoms with Gasteiger partial charge in [0.25, 0.3) is 0 Å². The summed E-state index contributed by atoms with van der Waals surface area (Å²) < 4.78 is 0. The average molecular weight is 399 g/mol. The first-order chi connectivity index (χ1) is 14.1. The van der Waals surface area contributed by atoms with Crippen LogP contribution in [0.25, 0.3) is 27.7 Å². The first-order valence-corrected chi connectivity index (χ1v) is 10.7. The van der Waals surface area contributed by atoms with Gasteiger partial charge in [-0.1, -0.05) is 71.6 Å². The maximum atomic E-state index is 4.70. The topological polar surface area (TPSA) is 28.7 Å². The molecule has 156 valence electrons. The van der Waals surface area contributed by atoms with E-state index >= 15 is 0 Å². The highest BCUT2D eigenvalue weighted by Crippen LogP contribution is 2.38. The number of H-pyrrole nitrogens is 1. The van der Waals surface area contributed by atoms with Gasteiger partial charge in [0.15, 0.2) is 0 Å². The lowest BCUT2D eigenvalue weighted by molar-refractivity contribution is 0.413. The van der Waals surface area contributed by atoms with E-state index in [0.717, 1.165) is 34.3 Å². The van der Waals surface area contributed by atoms with Crippen molar-refractivity contribution >= 4 is 16.5 Å². The zero-order valence-electron chi connectivity index (χ0n) is 19.3. The normalized spacial score (nSPS) is 12.6. The Hall–Kier alpha value is -2.87. The number of nitrogens with one attached hydrogen (secondary N) is 1. The van der Waals surface area contributed by atoms with Gasteiger partial charge in [-0.2, -0.15) is 0 Å². The van der Waals surface area contributed by atoms with Crippen molar-refractivity contribution < 1.29 is 0 Å². The summed E-state index contributed by atoms with van der Waals surface area (Å²) in [5.74, 6) is 0.358. The lowest BCUT2D eigenvalue weighted by atomic mass is 9.85. The van der Waals surface area contributed by atoms with Crippen LogP contribution in [0.2, 0.25) is 0 Å². The molecule has 0 fully saturated rings. The van der Waals surface area contributed by atoms with Crippen LogP contribution in [-0.2, 0) is 6.42 Å². The number of pyridine rings is 1. The van der Waals surface area contributed by atoms with E-state index in [1.54, 1.807) is 0 Å². The van der Waals surface area contributed by atoms with Gasteiger partial charge in [0, 0.05) is 22.7 Å². The molecule has 0 atom stereocenters. The van der Waals surface area contributed by atoms with Crippen molar-refractivity contribution in [2.24, 2.45) is 5.41 Å². The maximum absolute atomic E-state index is 4.70. The van der Waals surface area contributed by atoms with Gasteiger partial charge in [0.2, 0.25) is 0 Å². The molecule has 0 unspecified atom stereocenters. The smallest absolute Gasteiger partial charge is 0.0522 e. The van der Waals surface area contributed by atoms with E-state index in [1.165, 1.54) is 22.2 Å². The van der Waals surface area contributed by atoms with Gasteiger partial charge in [0.05, 0.1) is 11.4 Å². The SMILES string of the molecule is C=C/C(=C\C(=C)C)c1ccc2[nH]c(-c3cccnc3C(C)C)c(CC(C)(C)C)c2c1. The van der Waals surface area contributed by atoms with Crippen LogP contribution in [0.5, 0.6) is 0 Å². The molecule has 2 nitrogen and oxygen atoms in total. The molecule has 2 aromatic heterocycles. The van der Waals surface area contributed by atoms with Gasteiger partial charge < -0.3 is 4.98 Å². The Morgan fingerprint density at radius 3 is 2.53 bits per heavy atom. The Morgan fingerprint density at radius 1 is 1.20 bits per heavy atom. The van der Waals surface area contributed by atoms with Crippen LogP contribution in [0.4, 0.5) is 0 Å². The summed E-state index contributed by atoms with van der Waals surface area (Å²) in [5, 5.41) is 1.27. The minimum Gasteiger partial charge on any atom is -0.354 e. The Balaban J connectivity index is 2.30. The molecule has 1 aromatic carbocycles. The van der Waals surface area contributed by atoms with Gasteiger partial charge >= 0.3 is 0 Å². The predicted molar refractivity (Wildman–Crippen MR) is 132 cm³/mol. The van der Waals surface area contributed by atoms with E-state index in [2.05, 4.69) is 83.1 Å². The van der Waals surface area contributed by atoms with Crippen molar-refractivity contribution in [3.05, 3.63) is 84.2 Å². The second-order valence-electron chi connectivity index (χ2n) is 9.72. The maximum Gasteiger partial charge on any atom is 0.0522 e.